The Bertz CT molecular complexity index is 639. The average molecular weight is 374 g/mol. The number of carbonyl (C=O) groups excluding carboxylic acids is 1. The number of amides is 1. The first kappa shape index (κ1) is 20.2. The van der Waals surface area contributed by atoms with Crippen LogP contribution in [-0.4, -0.2) is 59.8 Å². The van der Waals surface area contributed by atoms with E-state index in [4.69, 9.17) is 14.6 Å². The summed E-state index contributed by atoms with van der Waals surface area (Å²) in [7, 11) is 1.76. The molecule has 1 aromatic rings. The summed E-state index contributed by atoms with van der Waals surface area (Å²) in [4.78, 5) is 27.5. The average Bonchev–Trinajstić information content (AvgIpc) is 3.12. The Hall–Kier alpha value is -2.16. The molecule has 1 saturated carbocycles. The molecule has 1 amide bonds. The Morgan fingerprint density at radius 1 is 1.42 bits per heavy atom. The van der Waals surface area contributed by atoms with Gasteiger partial charge in [0.05, 0.1) is 6.61 Å². The van der Waals surface area contributed by atoms with E-state index in [0.29, 0.717) is 11.6 Å². The summed E-state index contributed by atoms with van der Waals surface area (Å²) < 4.78 is 37.1. The summed E-state index contributed by atoms with van der Waals surface area (Å²) in [6, 6.07) is 5.49. The van der Waals surface area contributed by atoms with E-state index in [1.807, 2.05) is 17.0 Å². The van der Waals surface area contributed by atoms with E-state index in [2.05, 4.69) is 4.98 Å². The normalized spacial score (nSPS) is 24.6. The number of carbonyl (C=O) groups is 2. The van der Waals surface area contributed by atoms with Gasteiger partial charge in [-0.25, -0.2) is 4.79 Å². The van der Waals surface area contributed by atoms with Crippen LogP contribution in [0.15, 0.2) is 24.4 Å². The zero-order valence-electron chi connectivity index (χ0n) is 14.3. The van der Waals surface area contributed by atoms with Crippen LogP contribution in [0.25, 0.3) is 0 Å². The number of hydrogen-bond donors (Lipinski definition) is 1. The number of ether oxygens (including phenoxy) is 1. The van der Waals surface area contributed by atoms with Gasteiger partial charge in [0.25, 0.3) is 5.91 Å². The minimum atomic E-state index is -5.08. The number of alkyl halides is 3. The highest BCUT2D eigenvalue weighted by atomic mass is 19.4. The number of likely N-dealkylation sites (tertiary alicyclic amines) is 1. The van der Waals surface area contributed by atoms with Gasteiger partial charge in [0, 0.05) is 31.8 Å². The summed E-state index contributed by atoms with van der Waals surface area (Å²) in [5.74, 6) is -2.10. The maximum absolute atomic E-state index is 12.4. The van der Waals surface area contributed by atoms with Crippen molar-refractivity contribution in [3.05, 3.63) is 30.1 Å². The number of aliphatic carboxylic acids is 1. The number of methoxy groups -OCH3 is 1. The van der Waals surface area contributed by atoms with Gasteiger partial charge in [-0.05, 0) is 30.9 Å². The Morgan fingerprint density at radius 2 is 2.12 bits per heavy atom. The third-order valence-corrected chi connectivity index (χ3v) is 4.89. The summed E-state index contributed by atoms with van der Waals surface area (Å²) in [5.41, 5.74) is 0.745. The van der Waals surface area contributed by atoms with Crippen molar-refractivity contribution >= 4 is 11.9 Å². The second-order valence-electron chi connectivity index (χ2n) is 6.59. The van der Waals surface area contributed by atoms with Gasteiger partial charge in [0.1, 0.15) is 5.69 Å². The van der Waals surface area contributed by atoms with Crippen molar-refractivity contribution in [2.45, 2.75) is 25.4 Å². The van der Waals surface area contributed by atoms with E-state index in [9.17, 15) is 18.0 Å². The van der Waals surface area contributed by atoms with Crippen LogP contribution in [0.4, 0.5) is 13.2 Å². The third-order valence-electron chi connectivity index (χ3n) is 4.89. The van der Waals surface area contributed by atoms with Crippen molar-refractivity contribution in [3.8, 4) is 0 Å². The molecule has 1 aliphatic heterocycles. The van der Waals surface area contributed by atoms with Gasteiger partial charge in [-0.15, -0.1) is 0 Å². The number of carboxylic acids is 1. The van der Waals surface area contributed by atoms with E-state index in [-0.39, 0.29) is 11.3 Å². The molecule has 6 nitrogen and oxygen atoms in total. The smallest absolute Gasteiger partial charge is 0.475 e. The highest BCUT2D eigenvalue weighted by Gasteiger charge is 2.50. The van der Waals surface area contributed by atoms with E-state index >= 15 is 0 Å². The van der Waals surface area contributed by atoms with Crippen LogP contribution in [0.2, 0.25) is 0 Å². The predicted octanol–water partition coefficient (Wildman–Crippen LogP) is 2.60. The van der Waals surface area contributed by atoms with Crippen LogP contribution >= 0.6 is 0 Å². The molecule has 0 radical (unpaired) electrons. The Labute approximate surface area is 149 Å². The van der Waals surface area contributed by atoms with Crippen molar-refractivity contribution in [1.29, 1.82) is 0 Å². The van der Waals surface area contributed by atoms with Gasteiger partial charge in [-0.2, -0.15) is 13.2 Å². The van der Waals surface area contributed by atoms with Crippen LogP contribution in [-0.2, 0) is 9.53 Å². The predicted molar refractivity (Wildman–Crippen MR) is 85.5 cm³/mol. The molecule has 26 heavy (non-hydrogen) atoms. The second kappa shape index (κ2) is 8.03. The molecule has 2 atom stereocenters. The van der Waals surface area contributed by atoms with E-state index < -0.39 is 12.1 Å². The van der Waals surface area contributed by atoms with Gasteiger partial charge in [-0.3, -0.25) is 9.78 Å². The molecule has 2 heterocycles. The largest absolute Gasteiger partial charge is 0.490 e. The number of fused-ring (bicyclic) bond motifs is 1. The molecule has 2 aliphatic rings. The van der Waals surface area contributed by atoms with Gasteiger partial charge in [0.15, 0.2) is 0 Å². The van der Waals surface area contributed by atoms with Crippen LogP contribution in [0.5, 0.6) is 0 Å². The zero-order chi connectivity index (χ0) is 19.4. The van der Waals surface area contributed by atoms with E-state index in [1.54, 1.807) is 19.4 Å². The van der Waals surface area contributed by atoms with Crippen LogP contribution in [0, 0.1) is 11.3 Å². The lowest BCUT2D eigenvalue weighted by Crippen LogP contribution is -2.34. The summed E-state index contributed by atoms with van der Waals surface area (Å²) in [5, 5.41) is 7.12. The zero-order valence-corrected chi connectivity index (χ0v) is 14.3. The quantitative estimate of drug-likeness (QED) is 0.880. The molecule has 2 fully saturated rings. The Kier molecular flexibility index (Phi) is 6.22. The van der Waals surface area contributed by atoms with Crippen molar-refractivity contribution < 1.29 is 32.6 Å². The SMILES string of the molecule is COC[C@@]12CCC[C@@H]1CN(C(=O)c1ccccn1)C2.O=C(O)C(F)(F)F. The monoisotopic (exact) mass is 374 g/mol. The Morgan fingerprint density at radius 3 is 2.65 bits per heavy atom. The fraction of sp³-hybridized carbons (Fsp3) is 0.588. The maximum Gasteiger partial charge on any atom is 0.490 e. The van der Waals surface area contributed by atoms with Gasteiger partial charge < -0.3 is 14.7 Å². The second-order valence-corrected chi connectivity index (χ2v) is 6.59. The number of rotatable bonds is 3. The molecule has 1 aromatic heterocycles. The minimum Gasteiger partial charge on any atom is -0.475 e. The van der Waals surface area contributed by atoms with Crippen molar-refractivity contribution in [3.63, 3.8) is 0 Å². The van der Waals surface area contributed by atoms with Crippen LogP contribution in [0.3, 0.4) is 0 Å². The third kappa shape index (κ3) is 4.51. The number of nitrogens with zero attached hydrogens (tertiary/aromatic N) is 2. The van der Waals surface area contributed by atoms with Crippen molar-refractivity contribution in [2.24, 2.45) is 11.3 Å². The molecule has 1 N–H and O–H groups in total. The number of aromatic nitrogens is 1. The van der Waals surface area contributed by atoms with Crippen molar-refractivity contribution in [2.75, 3.05) is 26.8 Å². The fourth-order valence-corrected chi connectivity index (χ4v) is 3.74. The number of halogens is 3. The van der Waals surface area contributed by atoms with Gasteiger partial charge >= 0.3 is 12.1 Å². The lowest BCUT2D eigenvalue weighted by Gasteiger charge is -2.27. The summed E-state index contributed by atoms with van der Waals surface area (Å²) >= 11 is 0. The van der Waals surface area contributed by atoms with Crippen LogP contribution in [0.1, 0.15) is 29.8 Å². The van der Waals surface area contributed by atoms with Crippen LogP contribution < -0.4 is 0 Å². The Balaban J connectivity index is 0.000000298. The standard InChI is InChI=1S/C15H20N2O2.C2HF3O2/c1-19-11-15-7-4-5-12(15)9-17(10-15)14(18)13-6-2-3-8-16-13;3-2(4,5)1(6)7/h2-3,6,8,12H,4-5,7,9-11H2,1H3;(H,6,7)/t12-,15+;/m1./s1. The molecule has 0 aromatic carbocycles. The topological polar surface area (TPSA) is 79.7 Å². The number of pyridine rings is 1. The molecule has 0 spiro atoms. The highest BCUT2D eigenvalue weighted by molar-refractivity contribution is 5.92. The molecule has 1 saturated heterocycles. The lowest BCUT2D eigenvalue weighted by molar-refractivity contribution is -0.192. The van der Waals surface area contributed by atoms with Gasteiger partial charge in [-0.1, -0.05) is 12.5 Å². The molecule has 0 bridgehead atoms. The first-order chi connectivity index (χ1) is 12.2. The van der Waals surface area contributed by atoms with Gasteiger partial charge in [0.2, 0.25) is 0 Å². The molecular weight excluding hydrogens is 353 g/mol. The molecule has 0 unspecified atom stereocenters. The molecular formula is C17H21F3N2O4. The number of carboxylic acid groups (broad SMARTS) is 1. The molecule has 3 rings (SSSR count). The molecule has 9 heteroatoms. The first-order valence-corrected chi connectivity index (χ1v) is 8.19. The lowest BCUT2D eigenvalue weighted by atomic mass is 9.82. The summed E-state index contributed by atoms with van der Waals surface area (Å²) in [6.45, 7) is 2.45. The highest BCUT2D eigenvalue weighted by Crippen LogP contribution is 2.48. The minimum absolute atomic E-state index is 0.0606. The van der Waals surface area contributed by atoms with E-state index in [0.717, 1.165) is 19.7 Å². The van der Waals surface area contributed by atoms with Crippen molar-refractivity contribution in [1.82, 2.24) is 9.88 Å². The van der Waals surface area contributed by atoms with E-state index in [1.165, 1.54) is 19.3 Å². The molecule has 144 valence electrons. The summed E-state index contributed by atoms with van der Waals surface area (Å²) in [6.07, 6.45) is 0.252. The maximum atomic E-state index is 12.4. The number of hydrogen-bond acceptors (Lipinski definition) is 4. The first-order valence-electron chi connectivity index (χ1n) is 8.19. The fourth-order valence-electron chi connectivity index (χ4n) is 3.74. The molecule has 1 aliphatic carbocycles.